The zero-order chi connectivity index (χ0) is 14.4. The number of rotatable bonds is 6. The van der Waals surface area contributed by atoms with Gasteiger partial charge in [-0.05, 0) is 6.42 Å². The first-order valence-corrected chi connectivity index (χ1v) is 8.86. The number of hydrogen-bond donors (Lipinski definition) is 1. The van der Waals surface area contributed by atoms with Gasteiger partial charge < -0.3 is 9.67 Å². The lowest BCUT2D eigenvalue weighted by Crippen LogP contribution is -2.25. The summed E-state index contributed by atoms with van der Waals surface area (Å²) in [7, 11) is -2.99. The molecule has 1 atom stereocenters. The molecule has 0 amide bonds. The Balaban J connectivity index is 2.47. The predicted molar refractivity (Wildman–Crippen MR) is 85.3 cm³/mol. The highest BCUT2D eigenvalue weighted by atomic mass is 31.2. The molecule has 106 valence electrons. The smallest absolute Gasteiger partial charge is 0.170 e. The molecule has 0 heterocycles. The van der Waals surface area contributed by atoms with Crippen molar-refractivity contribution in [1.82, 2.24) is 0 Å². The quantitative estimate of drug-likeness (QED) is 0.826. The van der Waals surface area contributed by atoms with Gasteiger partial charge >= 0.3 is 0 Å². The van der Waals surface area contributed by atoms with Gasteiger partial charge in [0, 0.05) is 10.6 Å². The van der Waals surface area contributed by atoms with Crippen molar-refractivity contribution in [3.63, 3.8) is 0 Å². The summed E-state index contributed by atoms with van der Waals surface area (Å²) >= 11 is 0. The molecule has 0 aliphatic heterocycles. The van der Waals surface area contributed by atoms with Crippen LogP contribution in [-0.2, 0) is 4.57 Å². The molecule has 0 bridgehead atoms. The standard InChI is InChI=1S/C17H21O2P/c1-2-3-14-17(18)20(19,15-10-6-4-7-11-15)16-12-8-5-9-13-16/h4-13,17-18H,2-3,14H2,1H3. The number of aliphatic hydroxyl groups is 1. The van der Waals surface area contributed by atoms with E-state index < -0.39 is 13.0 Å². The van der Waals surface area contributed by atoms with Gasteiger partial charge in [0.1, 0.15) is 5.85 Å². The summed E-state index contributed by atoms with van der Waals surface area (Å²) in [5.41, 5.74) is 0. The molecule has 3 heteroatoms. The van der Waals surface area contributed by atoms with E-state index in [2.05, 4.69) is 6.92 Å². The molecule has 2 aromatic carbocycles. The van der Waals surface area contributed by atoms with Gasteiger partial charge in [0.2, 0.25) is 0 Å². The summed E-state index contributed by atoms with van der Waals surface area (Å²) in [6, 6.07) is 18.7. The van der Waals surface area contributed by atoms with Gasteiger partial charge in [-0.1, -0.05) is 80.4 Å². The van der Waals surface area contributed by atoms with Gasteiger partial charge in [0.25, 0.3) is 0 Å². The molecule has 0 saturated heterocycles. The number of hydrogen-bond acceptors (Lipinski definition) is 2. The Morgan fingerprint density at radius 3 is 1.80 bits per heavy atom. The van der Waals surface area contributed by atoms with Crippen molar-refractivity contribution in [3.8, 4) is 0 Å². The third kappa shape index (κ3) is 3.03. The Kier molecular flexibility index (Phi) is 5.17. The van der Waals surface area contributed by atoms with Crippen molar-refractivity contribution < 1.29 is 9.67 Å². The maximum Gasteiger partial charge on any atom is 0.170 e. The van der Waals surface area contributed by atoms with Crippen LogP contribution in [0, 0.1) is 0 Å². The molecule has 0 aliphatic rings. The summed E-state index contributed by atoms with van der Waals surface area (Å²) in [6.07, 6.45) is 2.43. The van der Waals surface area contributed by atoms with Crippen molar-refractivity contribution >= 4 is 17.8 Å². The molecule has 0 aliphatic carbocycles. The number of unbranched alkanes of at least 4 members (excludes halogenated alkanes) is 1. The average Bonchev–Trinajstić information content (AvgIpc) is 2.53. The van der Waals surface area contributed by atoms with Crippen LogP contribution >= 0.6 is 7.14 Å². The van der Waals surface area contributed by atoms with Crippen molar-refractivity contribution in [2.24, 2.45) is 0 Å². The molecule has 0 aromatic heterocycles. The van der Waals surface area contributed by atoms with Crippen LogP contribution in [-0.4, -0.2) is 11.0 Å². The molecule has 0 radical (unpaired) electrons. The molecule has 0 fully saturated rings. The summed E-state index contributed by atoms with van der Waals surface area (Å²) in [4.78, 5) is 0. The second-order valence-corrected chi connectivity index (χ2v) is 7.90. The largest absolute Gasteiger partial charge is 0.385 e. The Morgan fingerprint density at radius 2 is 1.40 bits per heavy atom. The van der Waals surface area contributed by atoms with E-state index in [-0.39, 0.29) is 0 Å². The third-order valence-corrected chi connectivity index (χ3v) is 6.74. The maximum absolute atomic E-state index is 13.6. The van der Waals surface area contributed by atoms with Crippen LogP contribution in [0.25, 0.3) is 0 Å². The van der Waals surface area contributed by atoms with E-state index in [4.69, 9.17) is 0 Å². The van der Waals surface area contributed by atoms with Crippen molar-refractivity contribution in [2.45, 2.75) is 32.0 Å². The molecule has 2 rings (SSSR count). The minimum Gasteiger partial charge on any atom is -0.385 e. The Labute approximate surface area is 120 Å². The highest BCUT2D eigenvalue weighted by Crippen LogP contribution is 2.49. The second kappa shape index (κ2) is 6.88. The van der Waals surface area contributed by atoms with Crippen LogP contribution in [0.1, 0.15) is 26.2 Å². The van der Waals surface area contributed by atoms with E-state index >= 15 is 0 Å². The molecular formula is C17H21O2P. The maximum atomic E-state index is 13.6. The minimum atomic E-state index is -2.99. The Hall–Kier alpha value is -1.37. The summed E-state index contributed by atoms with van der Waals surface area (Å²) < 4.78 is 13.6. The molecule has 0 saturated carbocycles. The van der Waals surface area contributed by atoms with E-state index in [0.717, 1.165) is 23.5 Å². The Bertz CT molecular complexity index is 523. The van der Waals surface area contributed by atoms with Crippen molar-refractivity contribution in [3.05, 3.63) is 60.7 Å². The van der Waals surface area contributed by atoms with E-state index in [1.54, 1.807) is 0 Å². The zero-order valence-electron chi connectivity index (χ0n) is 11.8. The van der Waals surface area contributed by atoms with Gasteiger partial charge in [0.05, 0.1) is 0 Å². The van der Waals surface area contributed by atoms with E-state index in [1.807, 2.05) is 60.7 Å². The molecular weight excluding hydrogens is 267 g/mol. The van der Waals surface area contributed by atoms with Gasteiger partial charge in [-0.2, -0.15) is 0 Å². The third-order valence-electron chi connectivity index (χ3n) is 3.52. The van der Waals surface area contributed by atoms with Gasteiger partial charge in [-0.15, -0.1) is 0 Å². The summed E-state index contributed by atoms with van der Waals surface area (Å²) in [5, 5.41) is 12.0. The number of aliphatic hydroxyl groups excluding tert-OH is 1. The molecule has 20 heavy (non-hydrogen) atoms. The topological polar surface area (TPSA) is 37.3 Å². The first-order valence-electron chi connectivity index (χ1n) is 7.08. The fourth-order valence-electron chi connectivity index (χ4n) is 2.36. The molecule has 0 spiro atoms. The van der Waals surface area contributed by atoms with E-state index in [9.17, 15) is 9.67 Å². The highest BCUT2D eigenvalue weighted by Gasteiger charge is 2.34. The lowest BCUT2D eigenvalue weighted by atomic mass is 10.3. The fourth-order valence-corrected chi connectivity index (χ4v) is 5.12. The van der Waals surface area contributed by atoms with Crippen LogP contribution in [0.15, 0.2) is 60.7 Å². The fraction of sp³-hybridized carbons (Fsp3) is 0.294. The lowest BCUT2D eigenvalue weighted by molar-refractivity contribution is 0.236. The molecule has 2 nitrogen and oxygen atoms in total. The summed E-state index contributed by atoms with van der Waals surface area (Å²) in [6.45, 7) is 2.07. The van der Waals surface area contributed by atoms with Crippen LogP contribution in [0.5, 0.6) is 0 Å². The average molecular weight is 288 g/mol. The summed E-state index contributed by atoms with van der Waals surface area (Å²) in [5.74, 6) is -0.813. The van der Waals surface area contributed by atoms with Crippen LogP contribution < -0.4 is 10.6 Å². The van der Waals surface area contributed by atoms with E-state index in [1.165, 1.54) is 0 Å². The van der Waals surface area contributed by atoms with Crippen LogP contribution in [0.4, 0.5) is 0 Å². The molecule has 1 N–H and O–H groups in total. The zero-order valence-corrected chi connectivity index (χ0v) is 12.7. The normalized spacial score (nSPS) is 13.1. The number of benzene rings is 2. The van der Waals surface area contributed by atoms with Gasteiger partial charge in [0.15, 0.2) is 7.14 Å². The van der Waals surface area contributed by atoms with Crippen molar-refractivity contribution in [1.29, 1.82) is 0 Å². The lowest BCUT2D eigenvalue weighted by Gasteiger charge is -2.24. The van der Waals surface area contributed by atoms with Gasteiger partial charge in [-0.3, -0.25) is 0 Å². The SMILES string of the molecule is CCCCC(O)P(=O)(c1ccccc1)c1ccccc1. The van der Waals surface area contributed by atoms with Gasteiger partial charge in [-0.25, -0.2) is 0 Å². The molecule has 2 aromatic rings. The second-order valence-electron chi connectivity index (χ2n) is 4.95. The van der Waals surface area contributed by atoms with Crippen LogP contribution in [0.2, 0.25) is 0 Å². The minimum absolute atomic E-state index is 0.567. The molecule has 1 unspecified atom stereocenters. The monoisotopic (exact) mass is 288 g/mol. The van der Waals surface area contributed by atoms with Crippen molar-refractivity contribution in [2.75, 3.05) is 0 Å². The van der Waals surface area contributed by atoms with Crippen LogP contribution in [0.3, 0.4) is 0 Å². The highest BCUT2D eigenvalue weighted by molar-refractivity contribution is 7.79. The first kappa shape index (κ1) is 15.0. The predicted octanol–water partition coefficient (Wildman–Crippen LogP) is 3.51. The van der Waals surface area contributed by atoms with E-state index in [0.29, 0.717) is 6.42 Å². The Morgan fingerprint density at radius 1 is 0.950 bits per heavy atom. The first-order chi connectivity index (χ1) is 9.69.